The largest absolute Gasteiger partial charge is 0.480 e. The molecule has 0 atom stereocenters. The van der Waals surface area contributed by atoms with Crippen molar-refractivity contribution < 1.29 is 19.1 Å². The molecule has 4 rings (SSSR count). The Bertz CT molecular complexity index is 752. The Hall–Kier alpha value is -2.15. The van der Waals surface area contributed by atoms with Crippen LogP contribution in [0.2, 0.25) is 0 Å². The van der Waals surface area contributed by atoms with E-state index in [2.05, 4.69) is 9.88 Å². The Kier molecular flexibility index (Phi) is 5.27. The fourth-order valence-corrected chi connectivity index (χ4v) is 4.88. The van der Waals surface area contributed by atoms with Gasteiger partial charge >= 0.3 is 5.97 Å². The maximum atomic E-state index is 12.9. The summed E-state index contributed by atoms with van der Waals surface area (Å²) in [7, 11) is 3.42. The number of methoxy groups -OCH3 is 1. The predicted molar refractivity (Wildman–Crippen MR) is 103 cm³/mol. The second-order valence-electron chi connectivity index (χ2n) is 8.21. The van der Waals surface area contributed by atoms with Crippen LogP contribution >= 0.6 is 0 Å². The molecule has 1 saturated heterocycles. The van der Waals surface area contributed by atoms with E-state index in [4.69, 9.17) is 9.47 Å². The van der Waals surface area contributed by atoms with Crippen molar-refractivity contribution in [3.8, 4) is 5.88 Å². The first-order valence-electron chi connectivity index (χ1n) is 10.3. The van der Waals surface area contributed by atoms with Crippen LogP contribution in [0.4, 0.5) is 0 Å². The van der Waals surface area contributed by atoms with Gasteiger partial charge in [0.05, 0.1) is 7.11 Å². The molecule has 0 radical (unpaired) electrons. The minimum absolute atomic E-state index is 0.000637. The van der Waals surface area contributed by atoms with Crippen LogP contribution in [0.1, 0.15) is 54.4 Å². The molecule has 1 spiro atoms. The number of hydrogen-bond donors (Lipinski definition) is 0. The fourth-order valence-electron chi connectivity index (χ4n) is 4.88. The second-order valence-corrected chi connectivity index (χ2v) is 8.21. The van der Waals surface area contributed by atoms with E-state index in [0.29, 0.717) is 24.3 Å². The number of esters is 1. The van der Waals surface area contributed by atoms with Gasteiger partial charge < -0.3 is 19.3 Å². The maximum absolute atomic E-state index is 12.9. The molecule has 7 nitrogen and oxygen atoms in total. The summed E-state index contributed by atoms with van der Waals surface area (Å²) in [5.74, 6) is 0.165. The number of fused-ring (bicyclic) bond motifs is 2. The molecule has 3 aliphatic rings. The van der Waals surface area contributed by atoms with E-state index < -0.39 is 5.60 Å². The molecule has 3 heterocycles. The molecule has 152 valence electrons. The standard InChI is InChI=1S/C21H29N3O4/c1-23(13-14-24-11-3-4-12-24)19(25)15-5-8-21(9-6-15)16-7-10-22-18(27-2)17(16)20(26)28-21/h7,10,15H,3-6,8-9,11-14H2,1-2H3. The first-order valence-corrected chi connectivity index (χ1v) is 10.3. The van der Waals surface area contributed by atoms with Crippen LogP contribution in [0.3, 0.4) is 0 Å². The van der Waals surface area contributed by atoms with E-state index in [1.807, 2.05) is 18.0 Å². The maximum Gasteiger partial charge on any atom is 0.344 e. The number of hydrogen-bond acceptors (Lipinski definition) is 6. The van der Waals surface area contributed by atoms with Gasteiger partial charge in [0.1, 0.15) is 11.2 Å². The van der Waals surface area contributed by atoms with Gasteiger partial charge in [0.15, 0.2) is 0 Å². The Morgan fingerprint density at radius 1 is 1.36 bits per heavy atom. The fraction of sp³-hybridized carbons (Fsp3) is 0.667. The van der Waals surface area contributed by atoms with Crippen molar-refractivity contribution in [1.29, 1.82) is 0 Å². The van der Waals surface area contributed by atoms with Crippen molar-refractivity contribution in [2.75, 3.05) is 40.3 Å². The molecule has 0 aromatic carbocycles. The lowest BCUT2D eigenvalue weighted by Gasteiger charge is -2.37. The highest BCUT2D eigenvalue weighted by molar-refractivity contribution is 5.97. The van der Waals surface area contributed by atoms with Crippen molar-refractivity contribution in [2.45, 2.75) is 44.1 Å². The molecular weight excluding hydrogens is 358 g/mol. The van der Waals surface area contributed by atoms with Gasteiger partial charge in [-0.3, -0.25) is 4.79 Å². The summed E-state index contributed by atoms with van der Waals surface area (Å²) in [6.07, 6.45) is 6.97. The topological polar surface area (TPSA) is 72.0 Å². The highest BCUT2D eigenvalue weighted by Gasteiger charge is 2.50. The minimum atomic E-state index is -0.631. The number of nitrogens with zero attached hydrogens (tertiary/aromatic N) is 3. The molecule has 0 N–H and O–H groups in total. The normalized spacial score (nSPS) is 26.9. The number of likely N-dealkylation sites (N-methyl/N-ethyl adjacent to an activating group) is 1. The lowest BCUT2D eigenvalue weighted by Crippen LogP contribution is -2.41. The quantitative estimate of drug-likeness (QED) is 0.722. The van der Waals surface area contributed by atoms with Crippen LogP contribution in [0, 0.1) is 5.92 Å². The molecule has 0 bridgehead atoms. The Morgan fingerprint density at radius 2 is 2.07 bits per heavy atom. The zero-order valence-electron chi connectivity index (χ0n) is 16.8. The average molecular weight is 387 g/mol. The Labute approximate surface area is 166 Å². The van der Waals surface area contributed by atoms with Crippen molar-refractivity contribution in [2.24, 2.45) is 5.92 Å². The molecule has 0 unspecified atom stereocenters. The molecule has 2 fully saturated rings. The van der Waals surface area contributed by atoms with Crippen LogP contribution in [0.15, 0.2) is 12.3 Å². The van der Waals surface area contributed by atoms with Gasteiger partial charge in [-0.15, -0.1) is 0 Å². The van der Waals surface area contributed by atoms with Crippen molar-refractivity contribution in [3.63, 3.8) is 0 Å². The molecule has 1 saturated carbocycles. The molecule has 28 heavy (non-hydrogen) atoms. The first-order chi connectivity index (χ1) is 13.5. The van der Waals surface area contributed by atoms with E-state index >= 15 is 0 Å². The summed E-state index contributed by atoms with van der Waals surface area (Å²) >= 11 is 0. The summed E-state index contributed by atoms with van der Waals surface area (Å²) < 4.78 is 11.1. The summed E-state index contributed by atoms with van der Waals surface area (Å²) in [5.41, 5.74) is 0.670. The Balaban J connectivity index is 1.38. The third-order valence-electron chi connectivity index (χ3n) is 6.56. The first kappa shape index (κ1) is 19.2. The van der Waals surface area contributed by atoms with E-state index in [0.717, 1.165) is 44.6 Å². The molecular formula is C21H29N3O4. The summed E-state index contributed by atoms with van der Waals surface area (Å²) in [4.78, 5) is 33.8. The van der Waals surface area contributed by atoms with Crippen molar-refractivity contribution in [3.05, 3.63) is 23.4 Å². The summed E-state index contributed by atoms with van der Waals surface area (Å²) in [6, 6.07) is 1.85. The van der Waals surface area contributed by atoms with Gasteiger partial charge in [0, 0.05) is 37.8 Å². The van der Waals surface area contributed by atoms with Gasteiger partial charge in [-0.1, -0.05) is 0 Å². The molecule has 1 aromatic heterocycles. The number of aromatic nitrogens is 1. The van der Waals surface area contributed by atoms with Crippen molar-refractivity contribution >= 4 is 11.9 Å². The van der Waals surface area contributed by atoms with Crippen LogP contribution in [-0.4, -0.2) is 67.0 Å². The lowest BCUT2D eigenvalue weighted by molar-refractivity contribution is -0.137. The van der Waals surface area contributed by atoms with Crippen molar-refractivity contribution in [1.82, 2.24) is 14.8 Å². The summed E-state index contributed by atoms with van der Waals surface area (Å²) in [5, 5.41) is 0. The highest BCUT2D eigenvalue weighted by Crippen LogP contribution is 2.49. The third kappa shape index (κ3) is 3.36. The average Bonchev–Trinajstić information content (AvgIpc) is 3.33. The van der Waals surface area contributed by atoms with Gasteiger partial charge in [-0.05, 0) is 57.7 Å². The van der Waals surface area contributed by atoms with Crippen LogP contribution in [0.25, 0.3) is 0 Å². The summed E-state index contributed by atoms with van der Waals surface area (Å²) in [6.45, 7) is 4.03. The zero-order valence-corrected chi connectivity index (χ0v) is 16.8. The third-order valence-corrected chi connectivity index (χ3v) is 6.56. The highest BCUT2D eigenvalue weighted by atomic mass is 16.6. The minimum Gasteiger partial charge on any atom is -0.480 e. The number of carbonyl (C=O) groups is 2. The van der Waals surface area contributed by atoms with E-state index in [-0.39, 0.29) is 17.8 Å². The number of carbonyl (C=O) groups excluding carboxylic acids is 2. The second kappa shape index (κ2) is 7.70. The van der Waals surface area contributed by atoms with E-state index in [1.54, 1.807) is 6.20 Å². The SMILES string of the molecule is COc1nccc2c1C(=O)OC21CCC(C(=O)N(C)CCN2CCCC2)CC1. The van der Waals surface area contributed by atoms with Gasteiger partial charge in [0.25, 0.3) is 0 Å². The van der Waals surface area contributed by atoms with Gasteiger partial charge in [-0.25, -0.2) is 9.78 Å². The molecule has 1 amide bonds. The zero-order chi connectivity index (χ0) is 19.7. The number of pyridine rings is 1. The van der Waals surface area contributed by atoms with Gasteiger partial charge in [0.2, 0.25) is 11.8 Å². The van der Waals surface area contributed by atoms with Crippen LogP contribution in [-0.2, 0) is 15.1 Å². The predicted octanol–water partition coefficient (Wildman–Crippen LogP) is 2.20. The molecule has 7 heteroatoms. The smallest absolute Gasteiger partial charge is 0.344 e. The number of rotatable bonds is 5. The number of likely N-dealkylation sites (tertiary alicyclic amines) is 1. The Morgan fingerprint density at radius 3 is 2.75 bits per heavy atom. The van der Waals surface area contributed by atoms with E-state index in [9.17, 15) is 9.59 Å². The monoisotopic (exact) mass is 387 g/mol. The van der Waals surface area contributed by atoms with Gasteiger partial charge in [-0.2, -0.15) is 0 Å². The lowest BCUT2D eigenvalue weighted by atomic mass is 9.75. The molecule has 1 aliphatic carbocycles. The van der Waals surface area contributed by atoms with E-state index in [1.165, 1.54) is 20.0 Å². The molecule has 1 aromatic rings. The van der Waals surface area contributed by atoms with Crippen LogP contribution in [0.5, 0.6) is 5.88 Å². The number of ether oxygens (including phenoxy) is 2. The number of amides is 1. The molecule has 2 aliphatic heterocycles. The van der Waals surface area contributed by atoms with Crippen LogP contribution < -0.4 is 4.74 Å².